The molecule has 0 radical (unpaired) electrons. The summed E-state index contributed by atoms with van der Waals surface area (Å²) in [6.07, 6.45) is 0. The summed E-state index contributed by atoms with van der Waals surface area (Å²) in [5, 5.41) is 3.07. The molecule has 1 saturated heterocycles. The van der Waals surface area contributed by atoms with E-state index in [2.05, 4.69) is 15.2 Å². The van der Waals surface area contributed by atoms with Gasteiger partial charge in [0.1, 0.15) is 12.4 Å². The standard InChI is InChI=1S/C22H23ClFN5O2/c1-27-9-11-29(12-10-27)22(31)26-16-7-8-17-19(20(16)23)21(25-13-18(30)28(17)2)14-5-3-4-6-15(14)24/h3-8H,9-13H2,1-2H3,(H,26,31). The Kier molecular flexibility index (Phi) is 5.93. The van der Waals surface area contributed by atoms with Crippen molar-refractivity contribution in [3.05, 3.63) is 58.4 Å². The van der Waals surface area contributed by atoms with E-state index in [1.165, 1.54) is 11.0 Å². The first-order valence-corrected chi connectivity index (χ1v) is 10.4. The summed E-state index contributed by atoms with van der Waals surface area (Å²) in [5.41, 5.74) is 1.84. The average Bonchev–Trinajstić information content (AvgIpc) is 2.88. The van der Waals surface area contributed by atoms with E-state index < -0.39 is 5.82 Å². The van der Waals surface area contributed by atoms with E-state index in [-0.39, 0.29) is 34.8 Å². The van der Waals surface area contributed by atoms with Gasteiger partial charge in [0.15, 0.2) is 0 Å². The molecule has 0 saturated carbocycles. The van der Waals surface area contributed by atoms with Crippen LogP contribution in [-0.4, -0.2) is 74.3 Å². The van der Waals surface area contributed by atoms with Crippen LogP contribution < -0.4 is 10.2 Å². The molecule has 2 aromatic carbocycles. The number of carbonyl (C=O) groups excluding carboxylic acids is 2. The Hall–Kier alpha value is -2.97. The van der Waals surface area contributed by atoms with Crippen molar-refractivity contribution in [1.82, 2.24) is 9.80 Å². The van der Waals surface area contributed by atoms with E-state index in [0.717, 1.165) is 13.1 Å². The quantitative estimate of drug-likeness (QED) is 0.775. The Balaban J connectivity index is 1.74. The van der Waals surface area contributed by atoms with E-state index in [9.17, 15) is 14.0 Å². The minimum atomic E-state index is -0.466. The molecule has 9 heteroatoms. The first-order chi connectivity index (χ1) is 14.9. The van der Waals surface area contributed by atoms with Crippen LogP contribution in [0.5, 0.6) is 0 Å². The lowest BCUT2D eigenvalue weighted by Crippen LogP contribution is -2.48. The number of benzodiazepines with no additional fused rings is 1. The molecule has 0 aliphatic carbocycles. The topological polar surface area (TPSA) is 68.2 Å². The number of nitrogens with one attached hydrogen (secondary N) is 1. The number of amides is 3. The second kappa shape index (κ2) is 8.64. The Morgan fingerprint density at radius 1 is 1.10 bits per heavy atom. The zero-order chi connectivity index (χ0) is 22.1. The highest BCUT2D eigenvalue weighted by Crippen LogP contribution is 2.37. The van der Waals surface area contributed by atoms with E-state index in [0.29, 0.717) is 30.0 Å². The van der Waals surface area contributed by atoms with Crippen molar-refractivity contribution >= 4 is 40.6 Å². The molecule has 7 nitrogen and oxygen atoms in total. The van der Waals surface area contributed by atoms with Gasteiger partial charge in [-0.1, -0.05) is 23.7 Å². The smallest absolute Gasteiger partial charge is 0.321 e. The summed E-state index contributed by atoms with van der Waals surface area (Å²) in [6, 6.07) is 9.31. The number of hydrogen-bond donors (Lipinski definition) is 1. The number of anilines is 2. The zero-order valence-electron chi connectivity index (χ0n) is 17.4. The maximum absolute atomic E-state index is 14.6. The molecule has 2 aromatic rings. The van der Waals surface area contributed by atoms with Gasteiger partial charge in [0.25, 0.3) is 0 Å². The van der Waals surface area contributed by atoms with Crippen LogP contribution in [0.25, 0.3) is 0 Å². The van der Waals surface area contributed by atoms with Crippen LogP contribution in [0.1, 0.15) is 11.1 Å². The summed E-state index contributed by atoms with van der Waals surface area (Å²) in [4.78, 5) is 34.9. The van der Waals surface area contributed by atoms with E-state index >= 15 is 0 Å². The first kappa shape index (κ1) is 21.3. The van der Waals surface area contributed by atoms with Crippen molar-refractivity contribution in [1.29, 1.82) is 0 Å². The van der Waals surface area contributed by atoms with Gasteiger partial charge in [0.2, 0.25) is 5.91 Å². The SMILES string of the molecule is CN1CCN(C(=O)Nc2ccc3c(c2Cl)C(c2ccccc2F)=NCC(=O)N3C)CC1. The summed E-state index contributed by atoms with van der Waals surface area (Å²) >= 11 is 6.73. The summed E-state index contributed by atoms with van der Waals surface area (Å²) in [6.45, 7) is 2.69. The Labute approximate surface area is 185 Å². The number of likely N-dealkylation sites (N-methyl/N-ethyl adjacent to an activating group) is 2. The molecule has 31 heavy (non-hydrogen) atoms. The van der Waals surface area contributed by atoms with Gasteiger partial charge in [0, 0.05) is 44.4 Å². The second-order valence-electron chi connectivity index (χ2n) is 7.64. The molecule has 0 aromatic heterocycles. The fourth-order valence-electron chi connectivity index (χ4n) is 3.71. The predicted octanol–water partition coefficient (Wildman–Crippen LogP) is 3.07. The number of urea groups is 1. The molecule has 0 atom stereocenters. The number of benzene rings is 2. The maximum Gasteiger partial charge on any atom is 0.321 e. The van der Waals surface area contributed by atoms with Crippen molar-refractivity contribution in [3.8, 4) is 0 Å². The number of hydrogen-bond acceptors (Lipinski definition) is 4. The molecule has 2 aliphatic heterocycles. The number of fused-ring (bicyclic) bond motifs is 1. The second-order valence-corrected chi connectivity index (χ2v) is 8.02. The highest BCUT2D eigenvalue weighted by Gasteiger charge is 2.28. The molecule has 1 fully saturated rings. The third-order valence-corrected chi connectivity index (χ3v) is 6.02. The lowest BCUT2D eigenvalue weighted by atomic mass is 9.99. The molecular formula is C22H23ClFN5O2. The third kappa shape index (κ3) is 4.13. The van der Waals surface area contributed by atoms with Gasteiger partial charge in [-0.25, -0.2) is 9.18 Å². The van der Waals surface area contributed by atoms with Gasteiger partial charge in [0.05, 0.1) is 22.1 Å². The Bertz CT molecular complexity index is 1070. The molecule has 0 unspecified atom stereocenters. The summed E-state index contributed by atoms with van der Waals surface area (Å²) in [7, 11) is 3.64. The fourth-order valence-corrected chi connectivity index (χ4v) is 4.01. The van der Waals surface area contributed by atoms with Crippen molar-refractivity contribution in [2.75, 3.05) is 57.0 Å². The lowest BCUT2D eigenvalue weighted by Gasteiger charge is -2.32. The maximum atomic E-state index is 14.6. The molecule has 162 valence electrons. The average molecular weight is 444 g/mol. The first-order valence-electron chi connectivity index (χ1n) is 10.00. The van der Waals surface area contributed by atoms with Crippen molar-refractivity contribution in [2.45, 2.75) is 0 Å². The highest BCUT2D eigenvalue weighted by molar-refractivity contribution is 6.40. The predicted molar refractivity (Wildman–Crippen MR) is 120 cm³/mol. The van der Waals surface area contributed by atoms with Crippen LogP contribution in [0.4, 0.5) is 20.6 Å². The van der Waals surface area contributed by atoms with Crippen molar-refractivity contribution in [3.63, 3.8) is 0 Å². The van der Waals surface area contributed by atoms with Crippen LogP contribution in [0.2, 0.25) is 5.02 Å². The molecule has 2 aliphatic rings. The molecular weight excluding hydrogens is 421 g/mol. The largest absolute Gasteiger partial charge is 0.322 e. The number of nitrogens with zero attached hydrogens (tertiary/aromatic N) is 4. The fraction of sp³-hybridized carbons (Fsp3) is 0.318. The van der Waals surface area contributed by atoms with Crippen LogP contribution in [-0.2, 0) is 4.79 Å². The van der Waals surface area contributed by atoms with Crippen LogP contribution in [0, 0.1) is 5.82 Å². The molecule has 0 spiro atoms. The van der Waals surface area contributed by atoms with E-state index in [4.69, 9.17) is 11.6 Å². The Morgan fingerprint density at radius 2 is 1.81 bits per heavy atom. The van der Waals surface area contributed by atoms with Gasteiger partial charge in [-0.3, -0.25) is 9.79 Å². The summed E-state index contributed by atoms with van der Waals surface area (Å²) in [5.74, 6) is -0.704. The van der Waals surface area contributed by atoms with Gasteiger partial charge >= 0.3 is 6.03 Å². The molecule has 0 bridgehead atoms. The van der Waals surface area contributed by atoms with E-state index in [1.54, 1.807) is 42.3 Å². The van der Waals surface area contributed by atoms with Crippen molar-refractivity contribution < 1.29 is 14.0 Å². The number of halogens is 2. The minimum Gasteiger partial charge on any atom is -0.322 e. The molecule has 4 rings (SSSR count). The number of piperazine rings is 1. The van der Waals surface area contributed by atoms with Gasteiger partial charge in [-0.05, 0) is 31.3 Å². The minimum absolute atomic E-state index is 0.131. The molecule has 3 amide bonds. The third-order valence-electron chi connectivity index (χ3n) is 5.63. The summed E-state index contributed by atoms with van der Waals surface area (Å²) < 4.78 is 14.6. The van der Waals surface area contributed by atoms with Crippen LogP contribution >= 0.6 is 11.6 Å². The zero-order valence-corrected chi connectivity index (χ0v) is 18.1. The number of carbonyl (C=O) groups is 2. The number of aliphatic imine (C=N–C) groups is 1. The molecule has 1 N–H and O–H groups in total. The van der Waals surface area contributed by atoms with E-state index in [1.807, 2.05) is 7.05 Å². The Morgan fingerprint density at radius 3 is 2.52 bits per heavy atom. The normalized spacial score (nSPS) is 17.2. The van der Waals surface area contributed by atoms with Gasteiger partial charge < -0.3 is 20.0 Å². The number of rotatable bonds is 2. The van der Waals surface area contributed by atoms with Crippen molar-refractivity contribution in [2.24, 2.45) is 4.99 Å². The van der Waals surface area contributed by atoms with Crippen LogP contribution in [0.15, 0.2) is 41.4 Å². The van der Waals surface area contributed by atoms with Gasteiger partial charge in [-0.15, -0.1) is 0 Å². The van der Waals surface area contributed by atoms with Crippen LogP contribution in [0.3, 0.4) is 0 Å². The monoisotopic (exact) mass is 443 g/mol. The molecule has 2 heterocycles. The van der Waals surface area contributed by atoms with Gasteiger partial charge in [-0.2, -0.15) is 0 Å². The lowest BCUT2D eigenvalue weighted by molar-refractivity contribution is -0.116. The highest BCUT2D eigenvalue weighted by atomic mass is 35.5.